The van der Waals surface area contributed by atoms with E-state index in [-0.39, 0.29) is 6.10 Å². The molecule has 0 amide bonds. The maximum Gasteiger partial charge on any atom is 0.141 e. The van der Waals surface area contributed by atoms with Crippen LogP contribution in [0.15, 0.2) is 65.4 Å². The van der Waals surface area contributed by atoms with E-state index < -0.39 is 0 Å². The number of fused-ring (bicyclic) bond motifs is 2. The highest BCUT2D eigenvalue weighted by atomic mass is 16.5. The molecule has 0 saturated carbocycles. The average molecular weight is 348 g/mol. The summed E-state index contributed by atoms with van der Waals surface area (Å²) in [7, 11) is 0. The first-order valence-electron chi connectivity index (χ1n) is 9.51. The van der Waals surface area contributed by atoms with Gasteiger partial charge in [-0.2, -0.15) is 0 Å². The van der Waals surface area contributed by atoms with E-state index >= 15 is 0 Å². The minimum atomic E-state index is 0.138. The fraction of sp³-hybridized carbons (Fsp3) is 0.364. The molecule has 2 aromatic heterocycles. The predicted octanol–water partition coefficient (Wildman–Crippen LogP) is 4.48. The van der Waals surface area contributed by atoms with Crippen LogP contribution in [0.3, 0.4) is 0 Å². The van der Waals surface area contributed by atoms with Crippen molar-refractivity contribution in [3.8, 4) is 5.75 Å². The zero-order chi connectivity index (χ0) is 17.3. The number of hydrogen-bond acceptors (Lipinski definition) is 3. The van der Waals surface area contributed by atoms with Gasteiger partial charge in [0.05, 0.1) is 25.0 Å². The summed E-state index contributed by atoms with van der Waals surface area (Å²) in [6.45, 7) is 3.98. The lowest BCUT2D eigenvalue weighted by Crippen LogP contribution is -2.36. The molecular formula is C22H24N2O2. The number of rotatable bonds is 3. The van der Waals surface area contributed by atoms with Crippen LogP contribution in [0.4, 0.5) is 0 Å². The molecule has 5 rings (SSSR count). The first-order chi connectivity index (χ1) is 12.9. The van der Waals surface area contributed by atoms with E-state index in [0.29, 0.717) is 5.92 Å². The second kappa shape index (κ2) is 6.69. The summed E-state index contributed by atoms with van der Waals surface area (Å²) in [4.78, 5) is 2.49. The van der Waals surface area contributed by atoms with E-state index in [0.717, 1.165) is 50.5 Å². The Labute approximate surface area is 154 Å². The van der Waals surface area contributed by atoms with Crippen LogP contribution in [-0.2, 0) is 13.1 Å². The molecule has 2 aliphatic rings. The topological polar surface area (TPSA) is 30.5 Å². The van der Waals surface area contributed by atoms with Crippen LogP contribution in [0.2, 0.25) is 0 Å². The molecule has 1 aromatic carbocycles. The van der Waals surface area contributed by atoms with E-state index in [1.807, 2.05) is 6.07 Å². The molecule has 0 bridgehead atoms. The van der Waals surface area contributed by atoms with Gasteiger partial charge >= 0.3 is 0 Å². The quantitative estimate of drug-likeness (QED) is 0.699. The van der Waals surface area contributed by atoms with Gasteiger partial charge in [0.25, 0.3) is 0 Å². The van der Waals surface area contributed by atoms with Crippen molar-refractivity contribution in [2.24, 2.45) is 5.92 Å². The Morgan fingerprint density at radius 1 is 0.962 bits per heavy atom. The largest absolute Gasteiger partial charge is 0.484 e. The van der Waals surface area contributed by atoms with Crippen molar-refractivity contribution in [3.05, 3.63) is 78.0 Å². The summed E-state index contributed by atoms with van der Waals surface area (Å²) in [6, 6.07) is 16.9. The Morgan fingerprint density at radius 2 is 1.85 bits per heavy atom. The van der Waals surface area contributed by atoms with Gasteiger partial charge in [-0.1, -0.05) is 18.2 Å². The Hall–Kier alpha value is -2.46. The Kier molecular flexibility index (Phi) is 4.06. The summed E-state index contributed by atoms with van der Waals surface area (Å²) in [5, 5.41) is 0. The zero-order valence-electron chi connectivity index (χ0n) is 14.9. The maximum absolute atomic E-state index is 6.56. The van der Waals surface area contributed by atoms with Crippen LogP contribution in [0.5, 0.6) is 5.75 Å². The van der Waals surface area contributed by atoms with Crippen LogP contribution in [0, 0.1) is 5.92 Å². The number of benzene rings is 1. The number of ether oxygens (including phenoxy) is 1. The van der Waals surface area contributed by atoms with Crippen LogP contribution in [0.25, 0.3) is 0 Å². The lowest BCUT2D eigenvalue weighted by Gasteiger charge is -2.35. The normalized spacial score (nSPS) is 20.8. The maximum atomic E-state index is 6.56. The molecule has 0 N–H and O–H groups in total. The minimum absolute atomic E-state index is 0.138. The number of aromatic nitrogens is 1. The van der Waals surface area contributed by atoms with E-state index in [9.17, 15) is 0 Å². The molecule has 26 heavy (non-hydrogen) atoms. The molecule has 1 saturated heterocycles. The van der Waals surface area contributed by atoms with Crippen molar-refractivity contribution in [3.63, 3.8) is 0 Å². The number of piperidine rings is 1. The van der Waals surface area contributed by atoms with Crippen LogP contribution < -0.4 is 4.74 Å². The second-order valence-electron chi connectivity index (χ2n) is 7.40. The zero-order valence-corrected chi connectivity index (χ0v) is 14.9. The fourth-order valence-electron chi connectivity index (χ4n) is 4.33. The third kappa shape index (κ3) is 2.95. The molecule has 4 heterocycles. The van der Waals surface area contributed by atoms with Crippen molar-refractivity contribution < 1.29 is 9.15 Å². The van der Waals surface area contributed by atoms with E-state index in [2.05, 4.69) is 58.1 Å². The first-order valence-corrected chi connectivity index (χ1v) is 9.51. The lowest BCUT2D eigenvalue weighted by molar-refractivity contribution is 0.0693. The molecule has 0 radical (unpaired) electrons. The first kappa shape index (κ1) is 15.8. The van der Waals surface area contributed by atoms with Gasteiger partial charge in [0.15, 0.2) is 0 Å². The molecule has 134 valence electrons. The number of nitrogens with zero attached hydrogens (tertiary/aromatic N) is 2. The minimum Gasteiger partial charge on any atom is -0.484 e. The summed E-state index contributed by atoms with van der Waals surface area (Å²) < 4.78 is 14.4. The Bertz CT molecular complexity index is 860. The second-order valence-corrected chi connectivity index (χ2v) is 7.40. The van der Waals surface area contributed by atoms with Gasteiger partial charge in [-0.05, 0) is 56.3 Å². The van der Waals surface area contributed by atoms with Gasteiger partial charge < -0.3 is 13.7 Å². The monoisotopic (exact) mass is 348 g/mol. The van der Waals surface area contributed by atoms with E-state index in [4.69, 9.17) is 9.15 Å². The summed E-state index contributed by atoms with van der Waals surface area (Å²) >= 11 is 0. The average Bonchev–Trinajstić information content (AvgIpc) is 3.32. The van der Waals surface area contributed by atoms with Gasteiger partial charge in [0.1, 0.15) is 17.6 Å². The molecule has 3 aromatic rings. The fourth-order valence-corrected chi connectivity index (χ4v) is 4.33. The molecule has 1 fully saturated rings. The molecule has 4 nitrogen and oxygen atoms in total. The number of furan rings is 1. The summed E-state index contributed by atoms with van der Waals surface area (Å²) in [5.41, 5.74) is 2.58. The van der Waals surface area contributed by atoms with Gasteiger partial charge in [-0.25, -0.2) is 0 Å². The SMILES string of the molecule is c1coc(CN2CCC(C3Oc4ccccc4Cn4cccc43)CC2)c1. The lowest BCUT2D eigenvalue weighted by atomic mass is 9.89. The molecule has 4 heteroatoms. The van der Waals surface area contributed by atoms with Crippen LogP contribution >= 0.6 is 0 Å². The van der Waals surface area contributed by atoms with Gasteiger partial charge in [0.2, 0.25) is 0 Å². The predicted molar refractivity (Wildman–Crippen MR) is 100 cm³/mol. The Balaban J connectivity index is 1.34. The molecular weight excluding hydrogens is 324 g/mol. The highest BCUT2D eigenvalue weighted by Gasteiger charge is 2.33. The van der Waals surface area contributed by atoms with Gasteiger partial charge in [0, 0.05) is 17.7 Å². The van der Waals surface area contributed by atoms with Gasteiger partial charge in [-0.3, -0.25) is 4.90 Å². The van der Waals surface area contributed by atoms with Crippen molar-refractivity contribution >= 4 is 0 Å². The smallest absolute Gasteiger partial charge is 0.141 e. The van der Waals surface area contributed by atoms with Crippen LogP contribution in [-0.4, -0.2) is 22.6 Å². The standard InChI is InChI=1S/C22H24N2O2/c1-2-8-21-18(5-1)15-24-11-3-7-20(24)22(26-21)17-9-12-23(13-10-17)16-19-6-4-14-25-19/h1-8,11,14,17,22H,9-10,12-13,15-16H2. The molecule has 2 aliphatic heterocycles. The summed E-state index contributed by atoms with van der Waals surface area (Å²) in [6.07, 6.45) is 6.38. The molecule has 1 unspecified atom stereocenters. The third-order valence-corrected chi connectivity index (χ3v) is 5.74. The van der Waals surface area contributed by atoms with Crippen molar-refractivity contribution in [1.29, 1.82) is 0 Å². The highest BCUT2D eigenvalue weighted by molar-refractivity contribution is 5.36. The van der Waals surface area contributed by atoms with Crippen molar-refractivity contribution in [2.45, 2.75) is 32.0 Å². The van der Waals surface area contributed by atoms with E-state index in [1.54, 1.807) is 6.26 Å². The number of hydrogen-bond donors (Lipinski definition) is 0. The van der Waals surface area contributed by atoms with Crippen molar-refractivity contribution in [2.75, 3.05) is 13.1 Å². The molecule has 1 atom stereocenters. The third-order valence-electron chi connectivity index (χ3n) is 5.74. The van der Waals surface area contributed by atoms with E-state index in [1.165, 1.54) is 11.3 Å². The number of para-hydroxylation sites is 1. The number of likely N-dealkylation sites (tertiary alicyclic amines) is 1. The van der Waals surface area contributed by atoms with Gasteiger partial charge in [-0.15, -0.1) is 0 Å². The molecule has 0 aliphatic carbocycles. The van der Waals surface area contributed by atoms with Crippen molar-refractivity contribution in [1.82, 2.24) is 9.47 Å². The molecule has 0 spiro atoms. The summed E-state index contributed by atoms with van der Waals surface area (Å²) in [5.74, 6) is 2.64. The Morgan fingerprint density at radius 3 is 2.69 bits per heavy atom. The van der Waals surface area contributed by atoms with Crippen LogP contribution in [0.1, 0.15) is 36.0 Å². The highest BCUT2D eigenvalue weighted by Crippen LogP contribution is 2.39.